The van der Waals surface area contributed by atoms with Crippen molar-refractivity contribution in [2.45, 2.75) is 52.5 Å². The first-order valence-corrected chi connectivity index (χ1v) is 6.50. The molecule has 98 valence electrons. The summed E-state index contributed by atoms with van der Waals surface area (Å²) >= 11 is 0. The quantitative estimate of drug-likeness (QED) is 0.782. The monoisotopic (exact) mass is 255 g/mol. The Labute approximate surface area is 112 Å². The van der Waals surface area contributed by atoms with Crippen LogP contribution < -0.4 is 5.73 Å². The molecule has 0 saturated heterocycles. The standard InChI is InChI=1S/C15H25N.ClH/c1-4-12-15(5-2,6-3)14(16)13-10-8-7-9-11-13;/h7-11,14H,4-6,12,16H2,1-3H3;1H. The highest BCUT2D eigenvalue weighted by atomic mass is 35.5. The van der Waals surface area contributed by atoms with E-state index in [1.807, 2.05) is 0 Å². The Kier molecular flexibility index (Phi) is 7.49. The Morgan fingerprint density at radius 1 is 1.06 bits per heavy atom. The molecule has 1 rings (SSSR count). The summed E-state index contributed by atoms with van der Waals surface area (Å²) in [5.74, 6) is 0. The van der Waals surface area contributed by atoms with Crippen LogP contribution in [0.4, 0.5) is 0 Å². The number of nitrogens with two attached hydrogens (primary N) is 1. The third-order valence-corrected chi connectivity index (χ3v) is 3.97. The maximum absolute atomic E-state index is 6.48. The summed E-state index contributed by atoms with van der Waals surface area (Å²) in [6.45, 7) is 6.78. The van der Waals surface area contributed by atoms with Crippen LogP contribution in [0.25, 0.3) is 0 Å². The molecule has 0 radical (unpaired) electrons. The maximum atomic E-state index is 6.48. The lowest BCUT2D eigenvalue weighted by atomic mass is 9.70. The SMILES string of the molecule is CCCC(CC)(CC)C(N)c1ccccc1.Cl. The first kappa shape index (κ1) is 16.5. The minimum Gasteiger partial charge on any atom is -0.323 e. The van der Waals surface area contributed by atoms with Crippen molar-refractivity contribution in [1.82, 2.24) is 0 Å². The molecule has 0 aliphatic heterocycles. The van der Waals surface area contributed by atoms with Crippen LogP contribution in [0.15, 0.2) is 30.3 Å². The zero-order chi connectivity index (χ0) is 12.0. The summed E-state index contributed by atoms with van der Waals surface area (Å²) < 4.78 is 0. The van der Waals surface area contributed by atoms with Gasteiger partial charge in [-0.3, -0.25) is 0 Å². The van der Waals surface area contributed by atoms with E-state index in [2.05, 4.69) is 51.1 Å². The van der Waals surface area contributed by atoms with Gasteiger partial charge in [0, 0.05) is 6.04 Å². The molecule has 1 aromatic carbocycles. The first-order chi connectivity index (χ1) is 7.70. The van der Waals surface area contributed by atoms with Crippen molar-refractivity contribution < 1.29 is 0 Å². The van der Waals surface area contributed by atoms with Crippen molar-refractivity contribution >= 4 is 12.4 Å². The van der Waals surface area contributed by atoms with Crippen LogP contribution >= 0.6 is 12.4 Å². The van der Waals surface area contributed by atoms with Gasteiger partial charge in [-0.25, -0.2) is 0 Å². The molecule has 0 amide bonds. The number of benzene rings is 1. The Morgan fingerprint density at radius 2 is 1.59 bits per heavy atom. The fourth-order valence-corrected chi connectivity index (χ4v) is 2.71. The van der Waals surface area contributed by atoms with Crippen LogP contribution in [0.2, 0.25) is 0 Å². The molecule has 2 heteroatoms. The average Bonchev–Trinajstić information content (AvgIpc) is 2.36. The molecule has 1 nitrogen and oxygen atoms in total. The Hall–Kier alpha value is -0.530. The van der Waals surface area contributed by atoms with Crippen LogP contribution in [-0.2, 0) is 0 Å². The van der Waals surface area contributed by atoms with Gasteiger partial charge in [-0.15, -0.1) is 12.4 Å². The predicted octanol–water partition coefficient (Wildman–Crippen LogP) is 4.71. The molecule has 0 fully saturated rings. The largest absolute Gasteiger partial charge is 0.323 e. The van der Waals surface area contributed by atoms with Gasteiger partial charge in [-0.05, 0) is 30.2 Å². The molecule has 0 spiro atoms. The van der Waals surface area contributed by atoms with E-state index in [1.54, 1.807) is 0 Å². The second-order valence-electron chi connectivity index (χ2n) is 4.71. The average molecular weight is 256 g/mol. The van der Waals surface area contributed by atoms with Gasteiger partial charge >= 0.3 is 0 Å². The molecular weight excluding hydrogens is 230 g/mol. The van der Waals surface area contributed by atoms with Gasteiger partial charge in [0.25, 0.3) is 0 Å². The van der Waals surface area contributed by atoms with Crippen molar-refractivity contribution in [2.75, 3.05) is 0 Å². The van der Waals surface area contributed by atoms with Gasteiger partial charge in [-0.2, -0.15) is 0 Å². The van der Waals surface area contributed by atoms with Crippen molar-refractivity contribution in [3.8, 4) is 0 Å². The molecule has 1 atom stereocenters. The zero-order valence-corrected chi connectivity index (χ0v) is 12.1. The molecule has 0 aliphatic rings. The minimum absolute atomic E-state index is 0. The number of halogens is 1. The van der Waals surface area contributed by atoms with Gasteiger partial charge < -0.3 is 5.73 Å². The summed E-state index contributed by atoms with van der Waals surface area (Å²) in [5, 5.41) is 0. The molecule has 0 aliphatic carbocycles. The number of rotatable bonds is 6. The zero-order valence-electron chi connectivity index (χ0n) is 11.3. The Balaban J connectivity index is 0.00000256. The van der Waals surface area contributed by atoms with Gasteiger partial charge in [0.1, 0.15) is 0 Å². The van der Waals surface area contributed by atoms with E-state index in [4.69, 9.17) is 5.73 Å². The maximum Gasteiger partial charge on any atom is 0.0351 e. The molecule has 0 bridgehead atoms. The van der Waals surface area contributed by atoms with Crippen molar-refractivity contribution in [3.05, 3.63) is 35.9 Å². The highest BCUT2D eigenvalue weighted by Crippen LogP contribution is 2.42. The lowest BCUT2D eigenvalue weighted by Crippen LogP contribution is -2.33. The summed E-state index contributed by atoms with van der Waals surface area (Å²) in [6, 6.07) is 10.7. The van der Waals surface area contributed by atoms with Crippen LogP contribution in [0, 0.1) is 5.41 Å². The highest BCUT2D eigenvalue weighted by Gasteiger charge is 2.33. The third-order valence-electron chi connectivity index (χ3n) is 3.97. The Bertz CT molecular complexity index is 293. The van der Waals surface area contributed by atoms with Crippen molar-refractivity contribution in [1.29, 1.82) is 0 Å². The van der Waals surface area contributed by atoms with E-state index in [-0.39, 0.29) is 23.9 Å². The van der Waals surface area contributed by atoms with Crippen LogP contribution in [0.1, 0.15) is 58.1 Å². The van der Waals surface area contributed by atoms with Gasteiger partial charge in [0.2, 0.25) is 0 Å². The number of hydrogen-bond donors (Lipinski definition) is 1. The summed E-state index contributed by atoms with van der Waals surface area (Å²) in [7, 11) is 0. The molecule has 0 saturated carbocycles. The van der Waals surface area contributed by atoms with E-state index in [0.29, 0.717) is 0 Å². The molecular formula is C15H26ClN. The summed E-state index contributed by atoms with van der Waals surface area (Å²) in [4.78, 5) is 0. The van der Waals surface area contributed by atoms with Gasteiger partial charge in [0.15, 0.2) is 0 Å². The van der Waals surface area contributed by atoms with E-state index >= 15 is 0 Å². The molecule has 2 N–H and O–H groups in total. The van der Waals surface area contributed by atoms with Crippen molar-refractivity contribution in [3.63, 3.8) is 0 Å². The lowest BCUT2D eigenvalue weighted by molar-refractivity contribution is 0.183. The normalized spacial score (nSPS) is 12.9. The van der Waals surface area contributed by atoms with Gasteiger partial charge in [-0.1, -0.05) is 57.5 Å². The molecule has 17 heavy (non-hydrogen) atoms. The predicted molar refractivity (Wildman–Crippen MR) is 78.5 cm³/mol. The topological polar surface area (TPSA) is 26.0 Å². The molecule has 1 unspecified atom stereocenters. The summed E-state index contributed by atoms with van der Waals surface area (Å²) in [5.41, 5.74) is 8.03. The lowest BCUT2D eigenvalue weighted by Gasteiger charge is -2.38. The van der Waals surface area contributed by atoms with E-state index in [1.165, 1.54) is 18.4 Å². The van der Waals surface area contributed by atoms with Crippen LogP contribution in [-0.4, -0.2) is 0 Å². The van der Waals surface area contributed by atoms with E-state index < -0.39 is 0 Å². The highest BCUT2D eigenvalue weighted by molar-refractivity contribution is 5.85. The number of hydrogen-bond acceptors (Lipinski definition) is 1. The van der Waals surface area contributed by atoms with Crippen LogP contribution in [0.3, 0.4) is 0 Å². The molecule has 0 heterocycles. The molecule has 0 aromatic heterocycles. The second kappa shape index (κ2) is 7.73. The van der Waals surface area contributed by atoms with E-state index in [9.17, 15) is 0 Å². The first-order valence-electron chi connectivity index (χ1n) is 6.50. The fraction of sp³-hybridized carbons (Fsp3) is 0.600. The van der Waals surface area contributed by atoms with Gasteiger partial charge in [0.05, 0.1) is 0 Å². The van der Waals surface area contributed by atoms with Crippen molar-refractivity contribution in [2.24, 2.45) is 11.1 Å². The second-order valence-corrected chi connectivity index (χ2v) is 4.71. The third kappa shape index (κ3) is 3.72. The van der Waals surface area contributed by atoms with E-state index in [0.717, 1.165) is 12.8 Å². The molecule has 1 aromatic rings. The van der Waals surface area contributed by atoms with Crippen LogP contribution in [0.5, 0.6) is 0 Å². The summed E-state index contributed by atoms with van der Waals surface area (Å²) in [6.07, 6.45) is 4.75. The fourth-order valence-electron chi connectivity index (χ4n) is 2.71. The minimum atomic E-state index is 0. The smallest absolute Gasteiger partial charge is 0.0351 e. The Morgan fingerprint density at radius 3 is 2.00 bits per heavy atom.